The van der Waals surface area contributed by atoms with E-state index in [1.165, 1.54) is 7.05 Å². The molecule has 0 radical (unpaired) electrons. The Morgan fingerprint density at radius 1 is 1.60 bits per heavy atom. The number of hydrogen-bond acceptors (Lipinski definition) is 3. The van der Waals surface area contributed by atoms with Crippen LogP contribution in [0.4, 0.5) is 9.59 Å². The summed E-state index contributed by atoms with van der Waals surface area (Å²) in [7, 11) is 1.24. The summed E-state index contributed by atoms with van der Waals surface area (Å²) in [5.74, 6) is 0. The lowest BCUT2D eigenvalue weighted by atomic mass is 10.8. The Morgan fingerprint density at radius 3 is 2.40 bits per heavy atom. The van der Waals surface area contributed by atoms with E-state index in [-0.39, 0.29) is 6.61 Å². The van der Waals surface area contributed by atoms with Gasteiger partial charge in [-0.1, -0.05) is 0 Å². The third-order valence-electron chi connectivity index (χ3n) is 0.805. The molecule has 0 aliphatic carbocycles. The van der Waals surface area contributed by atoms with Crippen molar-refractivity contribution >= 4 is 23.1 Å². The van der Waals surface area contributed by atoms with Crippen LogP contribution in [0.3, 0.4) is 0 Å². The summed E-state index contributed by atoms with van der Waals surface area (Å²) in [6.07, 6.45) is -0.734. The highest BCUT2D eigenvalue weighted by Crippen LogP contribution is 1.95. The van der Waals surface area contributed by atoms with Gasteiger partial charge in [-0.25, -0.2) is 9.69 Å². The maximum absolute atomic E-state index is 10.6. The lowest BCUT2D eigenvalue weighted by molar-refractivity contribution is 0.126. The topological polar surface area (TPSA) is 46.6 Å². The fourth-order valence-corrected chi connectivity index (χ4v) is 0.361. The Labute approximate surface area is 63.7 Å². The summed E-state index contributed by atoms with van der Waals surface area (Å²) in [5, 5.41) is -0.849. The summed E-state index contributed by atoms with van der Waals surface area (Å²) in [5.41, 5.74) is 0. The molecule has 0 saturated heterocycles. The monoisotopic (exact) mass is 165 g/mol. The molecule has 4 nitrogen and oxygen atoms in total. The Bertz CT molecular complexity index is 148. The molecule has 58 valence electrons. The van der Waals surface area contributed by atoms with Crippen molar-refractivity contribution in [3.05, 3.63) is 0 Å². The highest BCUT2D eigenvalue weighted by Gasteiger charge is 2.14. The molecule has 0 saturated carbocycles. The molecule has 0 unspecified atom stereocenters. The van der Waals surface area contributed by atoms with Gasteiger partial charge < -0.3 is 4.74 Å². The summed E-state index contributed by atoms with van der Waals surface area (Å²) < 4.78 is 4.45. The normalized spacial score (nSPS) is 8.70. The van der Waals surface area contributed by atoms with Crippen molar-refractivity contribution in [3.63, 3.8) is 0 Å². The first-order valence-electron chi connectivity index (χ1n) is 2.69. The zero-order valence-electron chi connectivity index (χ0n) is 5.76. The molecule has 0 aromatic rings. The summed E-state index contributed by atoms with van der Waals surface area (Å²) >= 11 is 4.95. The van der Waals surface area contributed by atoms with Gasteiger partial charge in [0.25, 0.3) is 0 Å². The van der Waals surface area contributed by atoms with E-state index >= 15 is 0 Å². The Balaban J connectivity index is 3.82. The van der Waals surface area contributed by atoms with Gasteiger partial charge >= 0.3 is 11.5 Å². The molecule has 10 heavy (non-hydrogen) atoms. The molecule has 0 rings (SSSR count). The number of amides is 2. The van der Waals surface area contributed by atoms with Crippen LogP contribution in [-0.2, 0) is 4.74 Å². The predicted molar refractivity (Wildman–Crippen MR) is 36.0 cm³/mol. The maximum Gasteiger partial charge on any atom is 0.417 e. The van der Waals surface area contributed by atoms with E-state index in [2.05, 4.69) is 4.74 Å². The molecule has 2 amide bonds. The Morgan fingerprint density at radius 2 is 2.10 bits per heavy atom. The standard InChI is InChI=1S/C5H8ClNO3/c1-3-10-5(9)7(2)4(6)8/h3H2,1-2H3. The highest BCUT2D eigenvalue weighted by molar-refractivity contribution is 6.63. The number of nitrogens with zero attached hydrogens (tertiary/aromatic N) is 1. The van der Waals surface area contributed by atoms with E-state index in [4.69, 9.17) is 11.6 Å². The lowest BCUT2D eigenvalue weighted by Gasteiger charge is -2.09. The van der Waals surface area contributed by atoms with Gasteiger partial charge in [-0.15, -0.1) is 0 Å². The molecule has 0 heterocycles. The summed E-state index contributed by atoms with van der Waals surface area (Å²) in [6.45, 7) is 1.87. The van der Waals surface area contributed by atoms with Gasteiger partial charge in [-0.2, -0.15) is 0 Å². The lowest BCUT2D eigenvalue weighted by Crippen LogP contribution is -2.29. The van der Waals surface area contributed by atoms with Crippen molar-refractivity contribution in [1.29, 1.82) is 0 Å². The number of hydrogen-bond donors (Lipinski definition) is 0. The fourth-order valence-electron chi connectivity index (χ4n) is 0.292. The van der Waals surface area contributed by atoms with Gasteiger partial charge in [0.1, 0.15) is 0 Å². The van der Waals surface area contributed by atoms with E-state index in [1.54, 1.807) is 6.92 Å². The van der Waals surface area contributed by atoms with Crippen LogP contribution < -0.4 is 0 Å². The molecule has 0 spiro atoms. The molecule has 0 N–H and O–H groups in total. The number of carbonyl (C=O) groups excluding carboxylic acids is 2. The van der Waals surface area contributed by atoms with Crippen LogP contribution in [0.1, 0.15) is 6.92 Å². The van der Waals surface area contributed by atoms with Crippen molar-refractivity contribution in [1.82, 2.24) is 4.90 Å². The van der Waals surface area contributed by atoms with Crippen molar-refractivity contribution in [3.8, 4) is 0 Å². The van der Waals surface area contributed by atoms with E-state index < -0.39 is 11.5 Å². The van der Waals surface area contributed by atoms with Gasteiger partial charge in [0, 0.05) is 7.05 Å². The van der Waals surface area contributed by atoms with Crippen LogP contribution in [0.2, 0.25) is 0 Å². The first-order chi connectivity index (χ1) is 4.59. The quantitative estimate of drug-likeness (QED) is 0.436. The minimum absolute atomic E-state index is 0.230. The molecular formula is C5H8ClNO3. The van der Waals surface area contributed by atoms with E-state index in [0.717, 1.165) is 0 Å². The molecule has 0 aliphatic heterocycles. The molecule has 0 bridgehead atoms. The Hall–Kier alpha value is -0.770. The average Bonchev–Trinajstić information content (AvgIpc) is 1.87. The maximum atomic E-state index is 10.6. The van der Waals surface area contributed by atoms with Crippen molar-refractivity contribution in [2.45, 2.75) is 6.92 Å². The van der Waals surface area contributed by atoms with Crippen molar-refractivity contribution < 1.29 is 14.3 Å². The zero-order valence-corrected chi connectivity index (χ0v) is 6.51. The fraction of sp³-hybridized carbons (Fsp3) is 0.600. The second-order valence-electron chi connectivity index (χ2n) is 1.51. The third-order valence-corrected chi connectivity index (χ3v) is 1.06. The second kappa shape index (κ2) is 4.11. The molecule has 0 aliphatic rings. The first kappa shape index (κ1) is 9.23. The first-order valence-corrected chi connectivity index (χ1v) is 3.07. The third kappa shape index (κ3) is 2.68. The highest BCUT2D eigenvalue weighted by atomic mass is 35.5. The minimum Gasteiger partial charge on any atom is -0.449 e. The molecule has 5 heteroatoms. The van der Waals surface area contributed by atoms with Gasteiger partial charge in [-0.05, 0) is 18.5 Å². The van der Waals surface area contributed by atoms with Gasteiger partial charge in [0.2, 0.25) is 0 Å². The number of ether oxygens (including phenoxy) is 1. The van der Waals surface area contributed by atoms with Gasteiger partial charge in [0.05, 0.1) is 6.61 Å². The van der Waals surface area contributed by atoms with Crippen molar-refractivity contribution in [2.24, 2.45) is 0 Å². The molecule has 0 aromatic heterocycles. The van der Waals surface area contributed by atoms with Crippen LogP contribution >= 0.6 is 11.6 Å². The minimum atomic E-state index is -0.849. The van der Waals surface area contributed by atoms with Crippen LogP contribution in [0.25, 0.3) is 0 Å². The summed E-state index contributed by atoms with van der Waals surface area (Å²) in [4.78, 5) is 21.5. The van der Waals surface area contributed by atoms with Crippen LogP contribution in [0, 0.1) is 0 Å². The van der Waals surface area contributed by atoms with Crippen LogP contribution in [0.5, 0.6) is 0 Å². The molecular weight excluding hydrogens is 158 g/mol. The smallest absolute Gasteiger partial charge is 0.417 e. The van der Waals surface area contributed by atoms with Crippen LogP contribution in [0.15, 0.2) is 0 Å². The van der Waals surface area contributed by atoms with Crippen molar-refractivity contribution in [2.75, 3.05) is 13.7 Å². The second-order valence-corrected chi connectivity index (χ2v) is 1.83. The largest absolute Gasteiger partial charge is 0.449 e. The number of halogens is 1. The summed E-state index contributed by atoms with van der Waals surface area (Å²) in [6, 6.07) is 0. The molecule has 0 atom stereocenters. The van der Waals surface area contributed by atoms with E-state index in [0.29, 0.717) is 4.90 Å². The number of carbonyl (C=O) groups is 2. The van der Waals surface area contributed by atoms with Gasteiger partial charge in [0.15, 0.2) is 0 Å². The average molecular weight is 166 g/mol. The molecule has 0 aromatic carbocycles. The number of rotatable bonds is 1. The molecule has 0 fully saturated rings. The number of imide groups is 1. The predicted octanol–water partition coefficient (Wildman–Crippen LogP) is 1.43. The Kier molecular flexibility index (Phi) is 3.79. The van der Waals surface area contributed by atoms with E-state index in [1.807, 2.05) is 0 Å². The van der Waals surface area contributed by atoms with Gasteiger partial charge in [-0.3, -0.25) is 4.79 Å². The van der Waals surface area contributed by atoms with Crippen LogP contribution in [-0.4, -0.2) is 30.0 Å². The SMILES string of the molecule is CCOC(=O)N(C)C(=O)Cl. The van der Waals surface area contributed by atoms with E-state index in [9.17, 15) is 9.59 Å². The zero-order chi connectivity index (χ0) is 8.15.